The van der Waals surface area contributed by atoms with Gasteiger partial charge >= 0.3 is 12.0 Å². The summed E-state index contributed by atoms with van der Waals surface area (Å²) in [5.74, 6) is -1.52. The molecule has 2 aliphatic rings. The van der Waals surface area contributed by atoms with Gasteiger partial charge in [-0.05, 0) is 37.8 Å². The molecular weight excluding hydrogens is 256 g/mol. The quantitative estimate of drug-likeness (QED) is 0.869. The van der Waals surface area contributed by atoms with Gasteiger partial charge in [0.15, 0.2) is 0 Å². The van der Waals surface area contributed by atoms with Crippen LogP contribution in [-0.2, 0) is 4.79 Å². The molecule has 2 N–H and O–H groups in total. The minimum atomic E-state index is -0.886. The molecule has 1 heterocycles. The fourth-order valence-electron chi connectivity index (χ4n) is 2.97. The molecule has 1 aliphatic carbocycles. The number of hydrogen-bond acceptors (Lipinski definition) is 2. The molecule has 2 amide bonds. The zero-order valence-electron chi connectivity index (χ0n) is 11.4. The first kappa shape index (κ1) is 13.0. The lowest BCUT2D eigenvalue weighted by atomic mass is 9.79. The Labute approximate surface area is 117 Å². The zero-order chi connectivity index (χ0) is 14.3. The molecule has 1 fully saturated rings. The molecular formula is C15H18N2O3. The summed E-state index contributed by atoms with van der Waals surface area (Å²) in [4.78, 5) is 25.3. The first-order valence-corrected chi connectivity index (χ1v) is 6.92. The van der Waals surface area contributed by atoms with Gasteiger partial charge in [-0.1, -0.05) is 18.2 Å². The molecule has 1 unspecified atom stereocenters. The summed E-state index contributed by atoms with van der Waals surface area (Å²) in [6, 6.07) is 7.04. The molecule has 0 bridgehead atoms. The number of carboxylic acid groups (broad SMARTS) is 1. The molecule has 3 rings (SSSR count). The molecule has 0 aromatic heterocycles. The number of para-hydroxylation sites is 1. The Morgan fingerprint density at radius 2 is 2.05 bits per heavy atom. The molecule has 1 aromatic rings. The third-order valence-electron chi connectivity index (χ3n) is 4.38. The topological polar surface area (TPSA) is 69.6 Å². The molecule has 106 valence electrons. The highest BCUT2D eigenvalue weighted by atomic mass is 16.4. The molecule has 1 aromatic carbocycles. The predicted molar refractivity (Wildman–Crippen MR) is 75.0 cm³/mol. The highest BCUT2D eigenvalue weighted by Gasteiger charge is 2.40. The van der Waals surface area contributed by atoms with E-state index in [1.165, 1.54) is 0 Å². The second-order valence-electron chi connectivity index (χ2n) is 5.90. The van der Waals surface area contributed by atoms with Gasteiger partial charge in [-0.2, -0.15) is 0 Å². The van der Waals surface area contributed by atoms with Gasteiger partial charge in [-0.25, -0.2) is 4.79 Å². The van der Waals surface area contributed by atoms with E-state index in [9.17, 15) is 14.7 Å². The standard InChI is InChI=1S/C15H18N2O3/c1-15(7-4-8-15)16-14(20)17-9-11(13(18)19)10-5-2-3-6-12(10)17/h2-3,5-6,11H,4,7-9H2,1H3,(H,16,20)(H,18,19). The van der Waals surface area contributed by atoms with Crippen molar-refractivity contribution in [1.82, 2.24) is 5.32 Å². The largest absolute Gasteiger partial charge is 0.481 e. The number of carbonyl (C=O) groups excluding carboxylic acids is 1. The van der Waals surface area contributed by atoms with Crippen LogP contribution in [0, 0.1) is 0 Å². The van der Waals surface area contributed by atoms with E-state index in [0.717, 1.165) is 19.3 Å². The Bertz CT molecular complexity index is 566. The summed E-state index contributed by atoms with van der Waals surface area (Å²) in [6.45, 7) is 2.24. The maximum absolute atomic E-state index is 12.4. The van der Waals surface area contributed by atoms with Crippen LogP contribution in [0.25, 0.3) is 0 Å². The van der Waals surface area contributed by atoms with E-state index >= 15 is 0 Å². The van der Waals surface area contributed by atoms with Gasteiger partial charge in [0.1, 0.15) is 5.92 Å². The predicted octanol–water partition coefficient (Wildman–Crippen LogP) is 2.33. The SMILES string of the molecule is CC1(NC(=O)N2CC(C(=O)O)c3ccccc32)CCC1. The van der Waals surface area contributed by atoms with Gasteiger partial charge in [-0.15, -0.1) is 0 Å². The summed E-state index contributed by atoms with van der Waals surface area (Å²) < 4.78 is 0. The van der Waals surface area contributed by atoms with Crippen LogP contribution in [0.15, 0.2) is 24.3 Å². The maximum Gasteiger partial charge on any atom is 0.322 e. The van der Waals surface area contributed by atoms with E-state index in [1.54, 1.807) is 17.0 Å². The number of urea groups is 1. The fraction of sp³-hybridized carbons (Fsp3) is 0.467. The Kier molecular flexibility index (Phi) is 2.92. The van der Waals surface area contributed by atoms with Gasteiger partial charge in [0.05, 0.1) is 0 Å². The van der Waals surface area contributed by atoms with Gasteiger partial charge in [0.25, 0.3) is 0 Å². The zero-order valence-corrected chi connectivity index (χ0v) is 11.4. The second-order valence-corrected chi connectivity index (χ2v) is 5.90. The fourth-order valence-corrected chi connectivity index (χ4v) is 2.97. The van der Waals surface area contributed by atoms with Crippen LogP contribution in [0.2, 0.25) is 0 Å². The summed E-state index contributed by atoms with van der Waals surface area (Å²) in [5, 5.41) is 12.3. The van der Waals surface area contributed by atoms with Crippen LogP contribution in [0.3, 0.4) is 0 Å². The first-order valence-electron chi connectivity index (χ1n) is 6.92. The van der Waals surface area contributed by atoms with E-state index in [4.69, 9.17) is 0 Å². The number of aliphatic carboxylic acids is 1. The van der Waals surface area contributed by atoms with Crippen molar-refractivity contribution < 1.29 is 14.7 Å². The minimum absolute atomic E-state index is 0.132. The number of nitrogens with zero attached hydrogens (tertiary/aromatic N) is 1. The van der Waals surface area contributed by atoms with Gasteiger partial charge < -0.3 is 10.4 Å². The number of hydrogen-bond donors (Lipinski definition) is 2. The highest BCUT2D eigenvalue weighted by Crippen LogP contribution is 2.37. The number of carboxylic acids is 1. The molecule has 20 heavy (non-hydrogen) atoms. The lowest BCUT2D eigenvalue weighted by molar-refractivity contribution is -0.138. The smallest absolute Gasteiger partial charge is 0.322 e. The molecule has 1 atom stereocenters. The van der Waals surface area contributed by atoms with Crippen LogP contribution in [0.4, 0.5) is 10.5 Å². The number of carbonyl (C=O) groups is 2. The van der Waals surface area contributed by atoms with E-state index in [0.29, 0.717) is 11.3 Å². The van der Waals surface area contributed by atoms with Crippen LogP contribution >= 0.6 is 0 Å². The molecule has 5 heteroatoms. The Morgan fingerprint density at radius 3 is 2.65 bits per heavy atom. The van der Waals surface area contributed by atoms with Gasteiger partial charge in [0, 0.05) is 17.8 Å². The van der Waals surface area contributed by atoms with Crippen molar-refractivity contribution in [2.24, 2.45) is 0 Å². The van der Waals surface area contributed by atoms with Crippen LogP contribution in [-0.4, -0.2) is 29.2 Å². The second kappa shape index (κ2) is 4.51. The van der Waals surface area contributed by atoms with Crippen molar-refractivity contribution in [2.75, 3.05) is 11.4 Å². The Morgan fingerprint density at radius 1 is 1.35 bits per heavy atom. The molecule has 5 nitrogen and oxygen atoms in total. The lowest BCUT2D eigenvalue weighted by Gasteiger charge is -2.40. The van der Waals surface area contributed by atoms with Crippen LogP contribution < -0.4 is 10.2 Å². The van der Waals surface area contributed by atoms with E-state index in [-0.39, 0.29) is 18.1 Å². The van der Waals surface area contributed by atoms with Crippen molar-refractivity contribution >= 4 is 17.7 Å². The number of benzene rings is 1. The molecule has 0 spiro atoms. The third-order valence-corrected chi connectivity index (χ3v) is 4.38. The van der Waals surface area contributed by atoms with Crippen LogP contribution in [0.5, 0.6) is 0 Å². The Hall–Kier alpha value is -2.04. The Balaban J connectivity index is 1.84. The minimum Gasteiger partial charge on any atom is -0.481 e. The number of amides is 2. The monoisotopic (exact) mass is 274 g/mol. The van der Waals surface area contributed by atoms with Crippen molar-refractivity contribution in [3.8, 4) is 0 Å². The summed E-state index contributed by atoms with van der Waals surface area (Å²) in [7, 11) is 0. The normalized spacial score (nSPS) is 22.9. The van der Waals surface area contributed by atoms with E-state index in [2.05, 4.69) is 5.32 Å². The van der Waals surface area contributed by atoms with Crippen LogP contribution in [0.1, 0.15) is 37.7 Å². The first-order chi connectivity index (χ1) is 9.50. The molecule has 0 radical (unpaired) electrons. The van der Waals surface area contributed by atoms with Gasteiger partial charge in [0.2, 0.25) is 0 Å². The molecule has 1 aliphatic heterocycles. The van der Waals surface area contributed by atoms with E-state index in [1.807, 2.05) is 19.1 Å². The lowest BCUT2D eigenvalue weighted by Crippen LogP contribution is -2.55. The van der Waals surface area contributed by atoms with Crippen molar-refractivity contribution in [2.45, 2.75) is 37.6 Å². The summed E-state index contributed by atoms with van der Waals surface area (Å²) in [6.07, 6.45) is 3.10. The van der Waals surface area contributed by atoms with E-state index < -0.39 is 11.9 Å². The number of rotatable bonds is 2. The van der Waals surface area contributed by atoms with Crippen molar-refractivity contribution in [3.05, 3.63) is 29.8 Å². The average molecular weight is 274 g/mol. The maximum atomic E-state index is 12.4. The molecule has 1 saturated carbocycles. The van der Waals surface area contributed by atoms with Crippen molar-refractivity contribution in [3.63, 3.8) is 0 Å². The van der Waals surface area contributed by atoms with Gasteiger partial charge in [-0.3, -0.25) is 9.69 Å². The summed E-state index contributed by atoms with van der Waals surface area (Å²) >= 11 is 0. The number of nitrogens with one attached hydrogen (secondary N) is 1. The molecule has 0 saturated heterocycles. The average Bonchev–Trinajstić information content (AvgIpc) is 2.76. The van der Waals surface area contributed by atoms with Crippen molar-refractivity contribution in [1.29, 1.82) is 0 Å². The number of anilines is 1. The highest BCUT2D eigenvalue weighted by molar-refractivity contribution is 5.98. The number of fused-ring (bicyclic) bond motifs is 1. The third kappa shape index (κ3) is 2.03. The summed E-state index contributed by atoms with van der Waals surface area (Å²) in [5.41, 5.74) is 1.29.